The smallest absolute Gasteiger partial charge is 0.239 e. The Morgan fingerprint density at radius 1 is 0.706 bits per heavy atom. The Morgan fingerprint density at radius 3 is 1.91 bits per heavy atom. The first-order valence-corrected chi connectivity index (χ1v) is 12.1. The van der Waals surface area contributed by atoms with Crippen LogP contribution in [0.15, 0.2) is 103 Å². The molecule has 2 N–H and O–H groups in total. The largest absolute Gasteiger partial charge is 0.339 e. The molecule has 4 aromatic rings. The van der Waals surface area contributed by atoms with E-state index < -0.39 is 6.04 Å². The summed E-state index contributed by atoms with van der Waals surface area (Å²) in [6.07, 6.45) is 0.553. The molecule has 1 aliphatic heterocycles. The minimum Gasteiger partial charge on any atom is -0.339 e. The van der Waals surface area contributed by atoms with Crippen LogP contribution in [0.4, 0.5) is 0 Å². The molecule has 0 saturated carbocycles. The predicted molar refractivity (Wildman–Crippen MR) is 139 cm³/mol. The predicted octanol–water partition coefficient (Wildman–Crippen LogP) is 4.64. The molecule has 0 spiro atoms. The Morgan fingerprint density at radius 2 is 1.26 bits per heavy atom. The van der Waals surface area contributed by atoms with Gasteiger partial charge in [0, 0.05) is 26.2 Å². The van der Waals surface area contributed by atoms with E-state index in [-0.39, 0.29) is 11.9 Å². The first-order valence-electron chi connectivity index (χ1n) is 12.1. The van der Waals surface area contributed by atoms with Crippen molar-refractivity contribution in [3.8, 4) is 0 Å². The minimum atomic E-state index is -0.531. The molecule has 172 valence electrons. The highest BCUT2D eigenvalue weighted by molar-refractivity contribution is 5.87. The van der Waals surface area contributed by atoms with Crippen molar-refractivity contribution in [1.82, 2.24) is 9.80 Å². The summed E-state index contributed by atoms with van der Waals surface area (Å²) in [7, 11) is 0. The first-order chi connectivity index (χ1) is 16.7. The van der Waals surface area contributed by atoms with Gasteiger partial charge in [-0.25, -0.2) is 0 Å². The zero-order valence-corrected chi connectivity index (χ0v) is 19.4. The van der Waals surface area contributed by atoms with Gasteiger partial charge in [0.25, 0.3) is 0 Å². The molecule has 0 bridgehead atoms. The molecule has 1 amide bonds. The molecule has 0 aliphatic carbocycles. The van der Waals surface area contributed by atoms with Gasteiger partial charge in [-0.3, -0.25) is 9.69 Å². The molecule has 4 nitrogen and oxygen atoms in total. The quantitative estimate of drug-likeness (QED) is 0.466. The van der Waals surface area contributed by atoms with Gasteiger partial charge in [0.05, 0.1) is 12.1 Å². The van der Waals surface area contributed by atoms with Crippen LogP contribution >= 0.6 is 0 Å². The average molecular weight is 450 g/mol. The number of hydrogen-bond acceptors (Lipinski definition) is 3. The van der Waals surface area contributed by atoms with Crippen LogP contribution in [0.2, 0.25) is 0 Å². The summed E-state index contributed by atoms with van der Waals surface area (Å²) >= 11 is 0. The van der Waals surface area contributed by atoms with Gasteiger partial charge in [-0.1, -0.05) is 103 Å². The topological polar surface area (TPSA) is 49.6 Å². The van der Waals surface area contributed by atoms with Crippen LogP contribution in [0.5, 0.6) is 0 Å². The van der Waals surface area contributed by atoms with E-state index >= 15 is 0 Å². The lowest BCUT2D eigenvalue weighted by molar-refractivity contribution is -0.134. The fourth-order valence-corrected chi connectivity index (χ4v) is 5.11. The van der Waals surface area contributed by atoms with Gasteiger partial charge in [0.2, 0.25) is 5.91 Å². The van der Waals surface area contributed by atoms with Gasteiger partial charge < -0.3 is 10.6 Å². The van der Waals surface area contributed by atoms with E-state index in [4.69, 9.17) is 5.73 Å². The summed E-state index contributed by atoms with van der Waals surface area (Å²) in [5.74, 6) is 0.0450. The van der Waals surface area contributed by atoms with Crippen molar-refractivity contribution >= 4 is 16.7 Å². The number of fused-ring (bicyclic) bond motifs is 1. The van der Waals surface area contributed by atoms with Crippen LogP contribution in [0.3, 0.4) is 0 Å². The Bertz CT molecular complexity index is 1190. The van der Waals surface area contributed by atoms with Crippen LogP contribution in [-0.4, -0.2) is 47.9 Å². The van der Waals surface area contributed by atoms with E-state index in [1.54, 1.807) is 0 Å². The number of carbonyl (C=O) groups is 1. The van der Waals surface area contributed by atoms with Crippen molar-refractivity contribution in [1.29, 1.82) is 0 Å². The first kappa shape index (κ1) is 22.3. The lowest BCUT2D eigenvalue weighted by atomic mass is 9.96. The molecule has 1 heterocycles. The fraction of sp³-hybridized carbons (Fsp3) is 0.233. The van der Waals surface area contributed by atoms with Gasteiger partial charge in [-0.05, 0) is 33.9 Å². The number of nitrogens with zero attached hydrogens (tertiary/aromatic N) is 2. The van der Waals surface area contributed by atoms with Crippen LogP contribution in [-0.2, 0) is 11.2 Å². The van der Waals surface area contributed by atoms with Gasteiger partial charge in [0.15, 0.2) is 0 Å². The number of hydrogen-bond donors (Lipinski definition) is 1. The lowest BCUT2D eigenvalue weighted by Gasteiger charge is -2.40. The van der Waals surface area contributed by atoms with Crippen molar-refractivity contribution in [2.45, 2.75) is 18.5 Å². The molecule has 1 unspecified atom stereocenters. The van der Waals surface area contributed by atoms with Crippen LogP contribution in [0.25, 0.3) is 10.8 Å². The molecule has 5 rings (SSSR count). The summed E-state index contributed by atoms with van der Waals surface area (Å²) in [4.78, 5) is 17.7. The Hall–Kier alpha value is -3.47. The second-order valence-electron chi connectivity index (χ2n) is 9.03. The fourth-order valence-electron chi connectivity index (χ4n) is 5.11. The number of benzene rings is 4. The Labute approximate surface area is 201 Å². The second-order valence-corrected chi connectivity index (χ2v) is 9.03. The van der Waals surface area contributed by atoms with Crippen LogP contribution in [0, 0.1) is 0 Å². The summed E-state index contributed by atoms with van der Waals surface area (Å²) in [6.45, 7) is 3.03. The highest BCUT2D eigenvalue weighted by atomic mass is 16.2. The number of rotatable bonds is 6. The van der Waals surface area contributed by atoms with Crippen molar-refractivity contribution in [3.63, 3.8) is 0 Å². The maximum atomic E-state index is 13.2. The summed E-state index contributed by atoms with van der Waals surface area (Å²) in [5.41, 5.74) is 10.1. The van der Waals surface area contributed by atoms with Crippen LogP contribution in [0.1, 0.15) is 22.7 Å². The third-order valence-corrected chi connectivity index (χ3v) is 6.86. The molecular weight excluding hydrogens is 418 g/mol. The summed E-state index contributed by atoms with van der Waals surface area (Å²) in [6, 6.07) is 35.4. The van der Waals surface area contributed by atoms with E-state index in [1.807, 2.05) is 23.1 Å². The second kappa shape index (κ2) is 10.2. The lowest BCUT2D eigenvalue weighted by Crippen LogP contribution is -2.54. The number of amides is 1. The van der Waals surface area contributed by atoms with Crippen molar-refractivity contribution < 1.29 is 4.79 Å². The standard InChI is InChI=1S/C30H31N3O/c31-28(22-26-16-9-15-23-10-7-8-17-27(23)26)30(34)33-20-18-32(19-21-33)29(24-11-3-1-4-12-24)25-13-5-2-6-14-25/h1-17,28-29H,18-22,31H2. The molecule has 0 aromatic heterocycles. The molecule has 1 atom stereocenters. The van der Waals surface area contributed by atoms with Crippen molar-refractivity contribution in [3.05, 3.63) is 120 Å². The zero-order valence-electron chi connectivity index (χ0n) is 19.4. The van der Waals surface area contributed by atoms with Gasteiger partial charge >= 0.3 is 0 Å². The SMILES string of the molecule is NC(Cc1cccc2ccccc12)C(=O)N1CCN(C(c2ccccc2)c2ccccc2)CC1. The maximum Gasteiger partial charge on any atom is 0.239 e. The molecule has 4 aromatic carbocycles. The monoisotopic (exact) mass is 449 g/mol. The average Bonchev–Trinajstić information content (AvgIpc) is 2.90. The molecule has 0 radical (unpaired) electrons. The third-order valence-electron chi connectivity index (χ3n) is 6.86. The molecular formula is C30H31N3O. The van der Waals surface area contributed by atoms with Gasteiger partial charge in [-0.2, -0.15) is 0 Å². The third kappa shape index (κ3) is 4.74. The highest BCUT2D eigenvalue weighted by Gasteiger charge is 2.30. The molecule has 1 aliphatic rings. The normalized spacial score (nSPS) is 15.5. The van der Waals surface area contributed by atoms with Gasteiger partial charge in [0.1, 0.15) is 0 Å². The molecule has 34 heavy (non-hydrogen) atoms. The summed E-state index contributed by atoms with van der Waals surface area (Å²) in [5, 5.41) is 2.35. The van der Waals surface area contributed by atoms with Gasteiger partial charge in [-0.15, -0.1) is 0 Å². The maximum absolute atomic E-state index is 13.2. The highest BCUT2D eigenvalue weighted by Crippen LogP contribution is 2.29. The minimum absolute atomic E-state index is 0.0450. The van der Waals surface area contributed by atoms with E-state index in [0.29, 0.717) is 19.5 Å². The zero-order chi connectivity index (χ0) is 23.3. The van der Waals surface area contributed by atoms with Crippen LogP contribution < -0.4 is 5.73 Å². The Kier molecular flexibility index (Phi) is 6.70. The van der Waals surface area contributed by atoms with E-state index in [1.165, 1.54) is 21.9 Å². The van der Waals surface area contributed by atoms with E-state index in [0.717, 1.165) is 18.7 Å². The van der Waals surface area contributed by atoms with Crippen molar-refractivity contribution in [2.24, 2.45) is 5.73 Å². The van der Waals surface area contributed by atoms with Crippen molar-refractivity contribution in [2.75, 3.05) is 26.2 Å². The number of piperazine rings is 1. The summed E-state index contributed by atoms with van der Waals surface area (Å²) < 4.78 is 0. The number of nitrogens with two attached hydrogens (primary N) is 1. The van der Waals surface area contributed by atoms with E-state index in [2.05, 4.69) is 89.8 Å². The molecule has 1 saturated heterocycles. The van der Waals surface area contributed by atoms with E-state index in [9.17, 15) is 4.79 Å². The Balaban J connectivity index is 1.27. The molecule has 1 fully saturated rings. The number of carbonyl (C=O) groups excluding carboxylic acids is 1. The molecule has 4 heteroatoms.